The zero-order valence-corrected chi connectivity index (χ0v) is 11.3. The number of ether oxygens (including phenoxy) is 1. The van der Waals surface area contributed by atoms with Crippen molar-refractivity contribution in [2.24, 2.45) is 0 Å². The Kier molecular flexibility index (Phi) is 4.58. The average molecular weight is 276 g/mol. The molecule has 2 aliphatic rings. The summed E-state index contributed by atoms with van der Waals surface area (Å²) in [6.45, 7) is 4.63. The minimum atomic E-state index is -2.93. The number of morpholine rings is 1. The number of rotatable bonds is 5. The molecule has 2 saturated heterocycles. The second kappa shape index (κ2) is 5.99. The highest BCUT2D eigenvalue weighted by Gasteiger charge is 2.31. The van der Waals surface area contributed by atoms with Gasteiger partial charge in [-0.15, -0.1) is 0 Å². The number of hydrogen-bond acceptors (Lipinski definition) is 5. The SMILES string of the molecule is O=CN(CCN1CCOCC1)C1CCS(=O)(=O)C1. The molecule has 2 rings (SSSR count). The van der Waals surface area contributed by atoms with E-state index in [1.807, 2.05) is 0 Å². The second-order valence-corrected chi connectivity index (χ2v) is 7.08. The van der Waals surface area contributed by atoms with Crippen molar-refractivity contribution in [3.63, 3.8) is 0 Å². The van der Waals surface area contributed by atoms with Gasteiger partial charge in [0.2, 0.25) is 6.41 Å². The largest absolute Gasteiger partial charge is 0.379 e. The predicted molar refractivity (Wildman–Crippen MR) is 67.1 cm³/mol. The summed E-state index contributed by atoms with van der Waals surface area (Å²) in [6.07, 6.45) is 1.36. The zero-order valence-electron chi connectivity index (χ0n) is 10.5. The van der Waals surface area contributed by atoms with E-state index in [9.17, 15) is 13.2 Å². The van der Waals surface area contributed by atoms with Crippen LogP contribution in [0.15, 0.2) is 0 Å². The fourth-order valence-corrected chi connectivity index (χ4v) is 4.18. The summed E-state index contributed by atoms with van der Waals surface area (Å²) in [5.41, 5.74) is 0. The minimum Gasteiger partial charge on any atom is -0.379 e. The predicted octanol–water partition coefficient (Wildman–Crippen LogP) is -1.04. The van der Waals surface area contributed by atoms with Crippen LogP contribution in [0.1, 0.15) is 6.42 Å². The Bertz CT molecular complexity index is 379. The van der Waals surface area contributed by atoms with Crippen LogP contribution in [0.25, 0.3) is 0 Å². The number of amides is 1. The van der Waals surface area contributed by atoms with Crippen LogP contribution in [0.5, 0.6) is 0 Å². The van der Waals surface area contributed by atoms with Gasteiger partial charge in [0.15, 0.2) is 9.84 Å². The van der Waals surface area contributed by atoms with Crippen LogP contribution in [-0.2, 0) is 19.4 Å². The van der Waals surface area contributed by atoms with E-state index >= 15 is 0 Å². The molecule has 2 fully saturated rings. The molecular weight excluding hydrogens is 256 g/mol. The van der Waals surface area contributed by atoms with E-state index in [4.69, 9.17) is 4.74 Å². The zero-order chi connectivity index (χ0) is 13.0. The Morgan fingerprint density at radius 2 is 2.06 bits per heavy atom. The first-order valence-electron chi connectivity index (χ1n) is 6.32. The number of sulfone groups is 1. The van der Waals surface area contributed by atoms with Gasteiger partial charge in [-0.05, 0) is 6.42 Å². The molecule has 18 heavy (non-hydrogen) atoms. The number of carbonyl (C=O) groups excluding carboxylic acids is 1. The van der Waals surface area contributed by atoms with E-state index in [0.717, 1.165) is 39.3 Å². The van der Waals surface area contributed by atoms with E-state index < -0.39 is 9.84 Å². The molecule has 6 nitrogen and oxygen atoms in total. The van der Waals surface area contributed by atoms with Crippen LogP contribution in [0.2, 0.25) is 0 Å². The lowest BCUT2D eigenvalue weighted by atomic mass is 10.2. The summed E-state index contributed by atoms with van der Waals surface area (Å²) in [6, 6.07) is -0.131. The normalized spacial score (nSPS) is 28.1. The van der Waals surface area contributed by atoms with Gasteiger partial charge in [-0.2, -0.15) is 0 Å². The summed E-state index contributed by atoms with van der Waals surface area (Å²) in [7, 11) is -2.93. The molecule has 1 atom stereocenters. The second-order valence-electron chi connectivity index (χ2n) is 4.85. The van der Waals surface area contributed by atoms with E-state index in [1.54, 1.807) is 4.90 Å². The molecule has 2 heterocycles. The molecule has 0 N–H and O–H groups in total. The van der Waals surface area contributed by atoms with E-state index in [2.05, 4.69) is 4.90 Å². The summed E-state index contributed by atoms with van der Waals surface area (Å²) in [5.74, 6) is 0.328. The van der Waals surface area contributed by atoms with E-state index in [-0.39, 0.29) is 17.5 Å². The molecule has 0 aliphatic carbocycles. The Hall–Kier alpha value is -0.660. The van der Waals surface area contributed by atoms with E-state index in [0.29, 0.717) is 13.0 Å². The van der Waals surface area contributed by atoms with Gasteiger partial charge < -0.3 is 9.64 Å². The molecule has 7 heteroatoms. The summed E-state index contributed by atoms with van der Waals surface area (Å²) < 4.78 is 28.1. The van der Waals surface area contributed by atoms with Crippen molar-refractivity contribution in [1.82, 2.24) is 9.80 Å². The molecule has 0 aromatic carbocycles. The third kappa shape index (κ3) is 3.66. The highest BCUT2D eigenvalue weighted by atomic mass is 32.2. The van der Waals surface area contributed by atoms with Crippen molar-refractivity contribution in [3.8, 4) is 0 Å². The van der Waals surface area contributed by atoms with Crippen molar-refractivity contribution in [2.75, 3.05) is 50.9 Å². The molecule has 0 radical (unpaired) electrons. The topological polar surface area (TPSA) is 66.9 Å². The van der Waals surface area contributed by atoms with Gasteiger partial charge in [-0.25, -0.2) is 8.42 Å². The fourth-order valence-electron chi connectivity index (χ4n) is 2.44. The lowest BCUT2D eigenvalue weighted by Gasteiger charge is -2.30. The first kappa shape index (κ1) is 13.8. The maximum Gasteiger partial charge on any atom is 0.210 e. The Labute approximate surface area is 108 Å². The van der Waals surface area contributed by atoms with Crippen LogP contribution >= 0.6 is 0 Å². The third-order valence-corrected chi connectivity index (χ3v) is 5.34. The van der Waals surface area contributed by atoms with Crippen molar-refractivity contribution >= 4 is 16.2 Å². The Morgan fingerprint density at radius 1 is 1.33 bits per heavy atom. The van der Waals surface area contributed by atoms with Gasteiger partial charge in [-0.3, -0.25) is 9.69 Å². The summed E-state index contributed by atoms with van der Waals surface area (Å²) in [4.78, 5) is 14.9. The molecule has 2 aliphatic heterocycles. The maximum absolute atomic E-state index is 11.4. The van der Waals surface area contributed by atoms with Crippen LogP contribution in [0.4, 0.5) is 0 Å². The van der Waals surface area contributed by atoms with Gasteiger partial charge in [0.25, 0.3) is 0 Å². The van der Waals surface area contributed by atoms with Crippen molar-refractivity contribution in [3.05, 3.63) is 0 Å². The lowest BCUT2D eigenvalue weighted by molar-refractivity contribution is -0.120. The molecule has 0 bridgehead atoms. The summed E-state index contributed by atoms with van der Waals surface area (Å²) in [5, 5.41) is 0. The molecule has 1 unspecified atom stereocenters. The third-order valence-electron chi connectivity index (χ3n) is 3.59. The standard InChI is InChI=1S/C11H20N2O4S/c14-10-13(11-1-8-18(15,16)9-11)3-2-12-4-6-17-7-5-12/h10-11H,1-9H2. The van der Waals surface area contributed by atoms with Crippen molar-refractivity contribution in [2.45, 2.75) is 12.5 Å². The minimum absolute atomic E-state index is 0.120. The van der Waals surface area contributed by atoms with Crippen molar-refractivity contribution < 1.29 is 17.9 Å². The van der Waals surface area contributed by atoms with Crippen LogP contribution < -0.4 is 0 Å². The smallest absolute Gasteiger partial charge is 0.210 e. The van der Waals surface area contributed by atoms with Gasteiger partial charge in [0, 0.05) is 32.2 Å². The number of nitrogens with zero attached hydrogens (tertiary/aromatic N) is 2. The van der Waals surface area contributed by atoms with Gasteiger partial charge in [0.1, 0.15) is 0 Å². The highest BCUT2D eigenvalue weighted by Crippen LogP contribution is 2.16. The molecular formula is C11H20N2O4S. The van der Waals surface area contributed by atoms with Gasteiger partial charge in [0.05, 0.1) is 24.7 Å². The highest BCUT2D eigenvalue weighted by molar-refractivity contribution is 7.91. The maximum atomic E-state index is 11.4. The monoisotopic (exact) mass is 276 g/mol. The summed E-state index contributed by atoms with van der Waals surface area (Å²) >= 11 is 0. The van der Waals surface area contributed by atoms with E-state index in [1.165, 1.54) is 0 Å². The van der Waals surface area contributed by atoms with Gasteiger partial charge >= 0.3 is 0 Å². The average Bonchev–Trinajstić information content (AvgIpc) is 2.72. The lowest BCUT2D eigenvalue weighted by Crippen LogP contribution is -2.44. The molecule has 0 saturated carbocycles. The van der Waals surface area contributed by atoms with Crippen LogP contribution in [0.3, 0.4) is 0 Å². The fraction of sp³-hybridized carbons (Fsp3) is 0.909. The first-order chi connectivity index (χ1) is 8.61. The Balaban J connectivity index is 1.80. The van der Waals surface area contributed by atoms with Crippen molar-refractivity contribution in [1.29, 1.82) is 0 Å². The number of carbonyl (C=O) groups is 1. The first-order valence-corrected chi connectivity index (χ1v) is 8.14. The molecule has 104 valence electrons. The molecule has 1 amide bonds. The molecule has 0 spiro atoms. The van der Waals surface area contributed by atoms with Crippen LogP contribution in [0, 0.1) is 0 Å². The quantitative estimate of drug-likeness (QED) is 0.600. The molecule has 0 aromatic heterocycles. The Morgan fingerprint density at radius 3 is 2.61 bits per heavy atom. The van der Waals surface area contributed by atoms with Crippen LogP contribution in [-0.4, -0.2) is 81.6 Å². The molecule has 0 aromatic rings. The van der Waals surface area contributed by atoms with Gasteiger partial charge in [-0.1, -0.05) is 0 Å². The number of hydrogen-bond donors (Lipinski definition) is 0.